The molecule has 0 atom stereocenters. The van der Waals surface area contributed by atoms with Gasteiger partial charge in [-0.1, -0.05) is 47.5 Å². The zero-order chi connectivity index (χ0) is 23.5. The fourth-order valence-corrected chi connectivity index (χ4v) is 3.90. The van der Waals surface area contributed by atoms with Crippen LogP contribution in [0.4, 0.5) is 5.69 Å². The number of hydrogen-bond acceptors (Lipinski definition) is 3. The van der Waals surface area contributed by atoms with Gasteiger partial charge in [0, 0.05) is 39.4 Å². The lowest BCUT2D eigenvalue weighted by molar-refractivity contribution is -0.111. The number of benzene rings is 3. The first kappa shape index (κ1) is 22.7. The summed E-state index contributed by atoms with van der Waals surface area (Å²) in [7, 11) is 0. The number of fused-ring (bicyclic) bond motifs is 1. The molecule has 1 N–H and O–H groups in total. The number of aryl methyl sites for hydroxylation is 2. The lowest BCUT2D eigenvalue weighted by atomic mass is 9.98. The number of nitrogens with one attached hydrogen (secondary N) is 1. The minimum Gasteiger partial charge on any atom is -0.493 e. The van der Waals surface area contributed by atoms with E-state index in [4.69, 9.17) is 20.8 Å². The lowest BCUT2D eigenvalue weighted by Gasteiger charge is -2.12. The molecule has 4 aromatic rings. The highest BCUT2D eigenvalue weighted by molar-refractivity contribution is 6.31. The Bertz CT molecular complexity index is 1350. The van der Waals surface area contributed by atoms with Crippen LogP contribution >= 0.6 is 11.6 Å². The van der Waals surface area contributed by atoms with Crippen LogP contribution in [0, 0.1) is 13.8 Å². The Morgan fingerprint density at radius 3 is 2.55 bits per heavy atom. The van der Waals surface area contributed by atoms with Gasteiger partial charge in [0.05, 0.1) is 12.9 Å². The third-order valence-corrected chi connectivity index (χ3v) is 5.96. The van der Waals surface area contributed by atoms with Gasteiger partial charge in [0.1, 0.15) is 11.3 Å². The van der Waals surface area contributed by atoms with Crippen molar-refractivity contribution in [2.75, 3.05) is 11.9 Å². The highest BCUT2D eigenvalue weighted by Gasteiger charge is 2.15. The van der Waals surface area contributed by atoms with Gasteiger partial charge < -0.3 is 14.5 Å². The van der Waals surface area contributed by atoms with E-state index in [1.54, 1.807) is 18.4 Å². The molecule has 3 aromatic carbocycles. The molecule has 1 aromatic heterocycles. The largest absolute Gasteiger partial charge is 0.493 e. The van der Waals surface area contributed by atoms with Gasteiger partial charge in [0.15, 0.2) is 0 Å². The van der Waals surface area contributed by atoms with Crippen LogP contribution in [0.15, 0.2) is 71.4 Å². The number of carbonyl (C=O) groups excluding carboxylic acids is 1. The SMILES string of the molecule is CCOc1cc2occ(-c3ccc(C)cc3)c2cc1/C(C)=C/C(=O)Nc1ccc(C)c(Cl)c1. The molecule has 0 spiro atoms. The maximum absolute atomic E-state index is 12.7. The van der Waals surface area contributed by atoms with Crippen LogP contribution in [-0.2, 0) is 4.79 Å². The van der Waals surface area contributed by atoms with Crippen LogP contribution in [0.2, 0.25) is 5.02 Å². The number of halogens is 1. The van der Waals surface area contributed by atoms with Crippen molar-refractivity contribution in [1.82, 2.24) is 0 Å². The summed E-state index contributed by atoms with van der Waals surface area (Å²) in [6, 6.07) is 17.7. The molecule has 0 fully saturated rings. The third kappa shape index (κ3) is 4.96. The number of furan rings is 1. The summed E-state index contributed by atoms with van der Waals surface area (Å²) in [6.45, 7) is 8.32. The van der Waals surface area contributed by atoms with E-state index in [9.17, 15) is 4.79 Å². The summed E-state index contributed by atoms with van der Waals surface area (Å²) in [5, 5.41) is 4.46. The van der Waals surface area contributed by atoms with E-state index in [1.165, 1.54) is 5.56 Å². The summed E-state index contributed by atoms with van der Waals surface area (Å²) in [5.74, 6) is 0.440. The number of amides is 1. The number of rotatable bonds is 6. The van der Waals surface area contributed by atoms with E-state index in [0.29, 0.717) is 23.1 Å². The van der Waals surface area contributed by atoms with Crippen LogP contribution < -0.4 is 10.1 Å². The number of ether oxygens (including phenoxy) is 1. The highest BCUT2D eigenvalue weighted by atomic mass is 35.5. The van der Waals surface area contributed by atoms with E-state index >= 15 is 0 Å². The average Bonchev–Trinajstić information content (AvgIpc) is 3.19. The van der Waals surface area contributed by atoms with Crippen molar-refractivity contribution >= 4 is 39.7 Å². The van der Waals surface area contributed by atoms with Gasteiger partial charge in [0.25, 0.3) is 0 Å². The Hall–Kier alpha value is -3.50. The zero-order valence-electron chi connectivity index (χ0n) is 19.2. The van der Waals surface area contributed by atoms with Crippen LogP contribution in [0.1, 0.15) is 30.5 Å². The smallest absolute Gasteiger partial charge is 0.248 e. The molecule has 0 unspecified atom stereocenters. The van der Waals surface area contributed by atoms with Crippen molar-refractivity contribution < 1.29 is 13.9 Å². The molecule has 0 radical (unpaired) electrons. The molecule has 0 saturated carbocycles. The Balaban J connectivity index is 1.71. The van der Waals surface area contributed by atoms with Crippen molar-refractivity contribution in [3.05, 3.63) is 88.6 Å². The molecule has 4 rings (SSSR count). The average molecular weight is 460 g/mol. The Morgan fingerprint density at radius 2 is 1.85 bits per heavy atom. The molecule has 0 aliphatic carbocycles. The monoisotopic (exact) mass is 459 g/mol. The molecule has 4 nitrogen and oxygen atoms in total. The minimum absolute atomic E-state index is 0.235. The normalized spacial score (nSPS) is 11.6. The highest BCUT2D eigenvalue weighted by Crippen LogP contribution is 2.37. The molecule has 5 heteroatoms. The summed E-state index contributed by atoms with van der Waals surface area (Å²) in [4.78, 5) is 12.7. The van der Waals surface area contributed by atoms with Crippen LogP contribution in [0.25, 0.3) is 27.7 Å². The van der Waals surface area contributed by atoms with Gasteiger partial charge in [-0.3, -0.25) is 4.79 Å². The fourth-order valence-electron chi connectivity index (χ4n) is 3.72. The second-order valence-electron chi connectivity index (χ2n) is 8.07. The Labute approximate surface area is 198 Å². The predicted octanol–water partition coefficient (Wildman–Crippen LogP) is 7.81. The van der Waals surface area contributed by atoms with Crippen LogP contribution in [0.5, 0.6) is 5.75 Å². The molecule has 1 amide bonds. The first-order chi connectivity index (χ1) is 15.9. The Morgan fingerprint density at radius 1 is 1.09 bits per heavy atom. The molecule has 33 heavy (non-hydrogen) atoms. The molecule has 0 bridgehead atoms. The summed E-state index contributed by atoms with van der Waals surface area (Å²) < 4.78 is 11.7. The van der Waals surface area contributed by atoms with E-state index in [-0.39, 0.29) is 5.91 Å². The first-order valence-electron chi connectivity index (χ1n) is 10.9. The number of hydrogen-bond donors (Lipinski definition) is 1. The van der Waals surface area contributed by atoms with Crippen molar-refractivity contribution in [2.45, 2.75) is 27.7 Å². The molecule has 1 heterocycles. The summed E-state index contributed by atoms with van der Waals surface area (Å²) in [5.41, 5.74) is 7.25. The first-order valence-corrected chi connectivity index (χ1v) is 11.2. The van der Waals surface area contributed by atoms with Crippen molar-refractivity contribution in [3.63, 3.8) is 0 Å². The molecule has 0 saturated heterocycles. The second kappa shape index (κ2) is 9.55. The van der Waals surface area contributed by atoms with Crippen LogP contribution in [-0.4, -0.2) is 12.5 Å². The van der Waals surface area contributed by atoms with E-state index in [2.05, 4.69) is 36.5 Å². The van der Waals surface area contributed by atoms with Gasteiger partial charge in [-0.05, 0) is 62.6 Å². The molecule has 0 aliphatic heterocycles. The van der Waals surface area contributed by atoms with Crippen molar-refractivity contribution in [1.29, 1.82) is 0 Å². The molecule has 168 valence electrons. The third-order valence-electron chi connectivity index (χ3n) is 5.55. The minimum atomic E-state index is -0.235. The molecule has 0 aliphatic rings. The number of anilines is 1. The molecular weight excluding hydrogens is 434 g/mol. The van der Waals surface area contributed by atoms with Gasteiger partial charge in [-0.2, -0.15) is 0 Å². The standard InChI is InChI=1S/C28H26ClNO3/c1-5-32-26-15-27-23(24(16-33-27)20-9-6-17(2)7-10-20)14-22(26)19(4)12-28(31)30-21-11-8-18(3)25(29)13-21/h6-16H,5H2,1-4H3,(H,30,31)/b19-12+. The maximum Gasteiger partial charge on any atom is 0.248 e. The van der Waals surface area contributed by atoms with E-state index in [1.807, 2.05) is 45.0 Å². The molecular formula is C28H26ClNO3. The summed E-state index contributed by atoms with van der Waals surface area (Å²) in [6.07, 6.45) is 3.34. The van der Waals surface area contributed by atoms with Gasteiger partial charge >= 0.3 is 0 Å². The van der Waals surface area contributed by atoms with Crippen LogP contribution in [0.3, 0.4) is 0 Å². The van der Waals surface area contributed by atoms with Crippen molar-refractivity contribution in [3.8, 4) is 16.9 Å². The number of allylic oxidation sites excluding steroid dienone is 1. The zero-order valence-corrected chi connectivity index (χ0v) is 19.9. The van der Waals surface area contributed by atoms with Gasteiger partial charge in [-0.15, -0.1) is 0 Å². The predicted molar refractivity (Wildman–Crippen MR) is 136 cm³/mol. The van der Waals surface area contributed by atoms with Gasteiger partial charge in [-0.25, -0.2) is 0 Å². The lowest BCUT2D eigenvalue weighted by Crippen LogP contribution is -2.09. The quantitative estimate of drug-likeness (QED) is 0.299. The summed E-state index contributed by atoms with van der Waals surface area (Å²) >= 11 is 6.18. The van der Waals surface area contributed by atoms with Crippen molar-refractivity contribution in [2.24, 2.45) is 0 Å². The topological polar surface area (TPSA) is 51.5 Å². The Kier molecular flexibility index (Phi) is 6.57. The fraction of sp³-hybridized carbons (Fsp3) is 0.179. The second-order valence-corrected chi connectivity index (χ2v) is 8.48. The number of carbonyl (C=O) groups is 1. The van der Waals surface area contributed by atoms with E-state index < -0.39 is 0 Å². The maximum atomic E-state index is 12.7. The van der Waals surface area contributed by atoms with E-state index in [0.717, 1.165) is 38.8 Å². The van der Waals surface area contributed by atoms with Gasteiger partial charge in [0.2, 0.25) is 5.91 Å².